The third-order valence-corrected chi connectivity index (χ3v) is 4.13. The number of halogens is 4. The Morgan fingerprint density at radius 2 is 1.77 bits per heavy atom. The van der Waals surface area contributed by atoms with E-state index >= 15 is 0 Å². The highest BCUT2D eigenvalue weighted by molar-refractivity contribution is 5.78. The van der Waals surface area contributed by atoms with Gasteiger partial charge in [0.05, 0.1) is 11.5 Å². The van der Waals surface area contributed by atoms with E-state index < -0.39 is 47.3 Å². The Morgan fingerprint density at radius 1 is 1.23 bits per heavy atom. The molecule has 0 aliphatic heterocycles. The summed E-state index contributed by atoms with van der Waals surface area (Å²) >= 11 is 0. The summed E-state index contributed by atoms with van der Waals surface area (Å²) in [5, 5.41) is 0. The van der Waals surface area contributed by atoms with Gasteiger partial charge in [0.25, 0.3) is 0 Å². The molecule has 22 heavy (non-hydrogen) atoms. The van der Waals surface area contributed by atoms with Crippen LogP contribution in [0.2, 0.25) is 0 Å². The Kier molecular flexibility index (Phi) is 4.31. The molecule has 0 aromatic heterocycles. The van der Waals surface area contributed by atoms with Crippen LogP contribution < -0.4 is 0 Å². The SMILES string of the molecule is CC=CC1C(C(=O)OCc2c(F)c(F)cc(F)c2F)C1(C)C. The van der Waals surface area contributed by atoms with Gasteiger partial charge in [-0.15, -0.1) is 0 Å². The molecule has 2 nitrogen and oxygen atoms in total. The van der Waals surface area contributed by atoms with Crippen LogP contribution in [0.15, 0.2) is 18.2 Å². The number of carbonyl (C=O) groups excluding carboxylic acids is 1. The Labute approximate surface area is 125 Å². The van der Waals surface area contributed by atoms with Crippen LogP contribution in [0.4, 0.5) is 17.6 Å². The van der Waals surface area contributed by atoms with Gasteiger partial charge in [0.2, 0.25) is 0 Å². The summed E-state index contributed by atoms with van der Waals surface area (Å²) < 4.78 is 57.9. The highest BCUT2D eigenvalue weighted by Crippen LogP contribution is 2.59. The van der Waals surface area contributed by atoms with E-state index in [0.717, 1.165) is 0 Å². The molecule has 2 atom stereocenters. The van der Waals surface area contributed by atoms with Crippen molar-refractivity contribution in [2.24, 2.45) is 17.3 Å². The molecule has 0 heterocycles. The maximum Gasteiger partial charge on any atom is 0.310 e. The molecule has 0 saturated heterocycles. The molecule has 1 aliphatic rings. The number of hydrogen-bond donors (Lipinski definition) is 0. The zero-order valence-electron chi connectivity index (χ0n) is 12.4. The van der Waals surface area contributed by atoms with Crippen molar-refractivity contribution in [1.29, 1.82) is 0 Å². The average molecular weight is 316 g/mol. The van der Waals surface area contributed by atoms with Crippen molar-refractivity contribution in [2.45, 2.75) is 27.4 Å². The molecule has 0 N–H and O–H groups in total. The molecular weight excluding hydrogens is 300 g/mol. The quantitative estimate of drug-likeness (QED) is 0.361. The minimum Gasteiger partial charge on any atom is -0.460 e. The van der Waals surface area contributed by atoms with Crippen LogP contribution in [-0.4, -0.2) is 5.97 Å². The fraction of sp³-hybridized carbons (Fsp3) is 0.438. The lowest BCUT2D eigenvalue weighted by atomic mass is 10.1. The van der Waals surface area contributed by atoms with E-state index in [4.69, 9.17) is 4.74 Å². The van der Waals surface area contributed by atoms with E-state index in [9.17, 15) is 22.4 Å². The lowest BCUT2D eigenvalue weighted by Crippen LogP contribution is -2.13. The number of esters is 1. The molecule has 1 aliphatic carbocycles. The zero-order chi connectivity index (χ0) is 16.7. The highest BCUT2D eigenvalue weighted by Gasteiger charge is 2.61. The van der Waals surface area contributed by atoms with Gasteiger partial charge in [-0.2, -0.15) is 0 Å². The van der Waals surface area contributed by atoms with Crippen molar-refractivity contribution in [3.8, 4) is 0 Å². The van der Waals surface area contributed by atoms with Gasteiger partial charge >= 0.3 is 5.97 Å². The summed E-state index contributed by atoms with van der Waals surface area (Å²) in [6.45, 7) is 4.70. The fourth-order valence-electron chi connectivity index (χ4n) is 2.68. The Hall–Kier alpha value is -1.85. The highest BCUT2D eigenvalue weighted by atomic mass is 19.2. The third kappa shape index (κ3) is 2.74. The van der Waals surface area contributed by atoms with Crippen LogP contribution in [-0.2, 0) is 16.1 Å². The molecule has 0 spiro atoms. The maximum absolute atomic E-state index is 13.5. The summed E-state index contributed by atoms with van der Waals surface area (Å²) in [5.41, 5.74) is -1.24. The molecule has 0 bridgehead atoms. The Morgan fingerprint density at radius 3 is 2.27 bits per heavy atom. The minimum absolute atomic E-state index is 0.0241. The van der Waals surface area contributed by atoms with Crippen molar-refractivity contribution in [3.63, 3.8) is 0 Å². The number of allylic oxidation sites excluding steroid dienone is 2. The number of rotatable bonds is 4. The van der Waals surface area contributed by atoms with E-state index in [2.05, 4.69) is 0 Å². The van der Waals surface area contributed by atoms with Crippen LogP contribution in [0, 0.1) is 40.5 Å². The van der Waals surface area contributed by atoms with Gasteiger partial charge in [-0.25, -0.2) is 17.6 Å². The van der Waals surface area contributed by atoms with E-state index in [1.54, 1.807) is 6.08 Å². The van der Waals surface area contributed by atoms with Crippen LogP contribution in [0.1, 0.15) is 26.3 Å². The fourth-order valence-corrected chi connectivity index (χ4v) is 2.68. The van der Waals surface area contributed by atoms with Crippen molar-refractivity contribution >= 4 is 5.97 Å². The number of ether oxygens (including phenoxy) is 1. The average Bonchev–Trinajstić information content (AvgIpc) is 2.98. The van der Waals surface area contributed by atoms with Crippen LogP contribution in [0.3, 0.4) is 0 Å². The second-order valence-electron chi connectivity index (χ2n) is 5.91. The first-order valence-corrected chi connectivity index (χ1v) is 6.83. The van der Waals surface area contributed by atoms with Crippen molar-refractivity contribution < 1.29 is 27.1 Å². The van der Waals surface area contributed by atoms with Gasteiger partial charge in [-0.1, -0.05) is 26.0 Å². The number of hydrogen-bond acceptors (Lipinski definition) is 2. The lowest BCUT2D eigenvalue weighted by molar-refractivity contribution is -0.147. The molecule has 1 saturated carbocycles. The smallest absolute Gasteiger partial charge is 0.310 e. The molecule has 0 amide bonds. The topological polar surface area (TPSA) is 26.3 Å². The van der Waals surface area contributed by atoms with Gasteiger partial charge in [-0.05, 0) is 18.3 Å². The van der Waals surface area contributed by atoms with Gasteiger partial charge in [0.1, 0.15) is 6.61 Å². The summed E-state index contributed by atoms with van der Waals surface area (Å²) in [6.07, 6.45) is 3.66. The molecule has 1 fully saturated rings. The molecule has 2 unspecified atom stereocenters. The Bertz CT molecular complexity index is 611. The van der Waals surface area contributed by atoms with E-state index in [-0.39, 0.29) is 17.4 Å². The largest absolute Gasteiger partial charge is 0.460 e. The van der Waals surface area contributed by atoms with E-state index in [1.165, 1.54) is 0 Å². The predicted molar refractivity (Wildman–Crippen MR) is 71.6 cm³/mol. The van der Waals surface area contributed by atoms with Gasteiger partial charge in [-0.3, -0.25) is 4.79 Å². The second kappa shape index (κ2) is 5.74. The van der Waals surface area contributed by atoms with Crippen LogP contribution in [0.5, 0.6) is 0 Å². The Balaban J connectivity index is 2.10. The standard InChI is InChI=1S/C16H16F4O2/c1-4-5-9-12(16(9,2)3)15(21)22-7-8-13(19)10(17)6-11(18)14(8)20/h4-6,9,12H,7H2,1-3H3. The lowest BCUT2D eigenvalue weighted by Gasteiger charge is -2.09. The zero-order valence-corrected chi connectivity index (χ0v) is 12.4. The molecule has 6 heteroatoms. The van der Waals surface area contributed by atoms with Crippen molar-refractivity contribution in [3.05, 3.63) is 47.1 Å². The summed E-state index contributed by atoms with van der Waals surface area (Å²) in [7, 11) is 0. The molecular formula is C16H16F4O2. The van der Waals surface area contributed by atoms with Gasteiger partial charge in [0.15, 0.2) is 23.3 Å². The molecule has 2 rings (SSSR count). The summed E-state index contributed by atoms with van der Waals surface area (Å²) in [6, 6.07) is 0.113. The van der Waals surface area contributed by atoms with Crippen molar-refractivity contribution in [1.82, 2.24) is 0 Å². The molecule has 1 aromatic rings. The molecule has 1 aromatic carbocycles. The first-order valence-electron chi connectivity index (χ1n) is 6.83. The number of carbonyl (C=O) groups is 1. The van der Waals surface area contributed by atoms with Gasteiger partial charge in [0, 0.05) is 6.07 Å². The number of benzene rings is 1. The van der Waals surface area contributed by atoms with Gasteiger partial charge < -0.3 is 4.74 Å². The van der Waals surface area contributed by atoms with E-state index in [1.807, 2.05) is 26.8 Å². The summed E-state index contributed by atoms with van der Waals surface area (Å²) in [5.74, 6) is -7.25. The first-order chi connectivity index (χ1) is 10.2. The normalized spacial score (nSPS) is 22.9. The van der Waals surface area contributed by atoms with E-state index in [0.29, 0.717) is 0 Å². The monoisotopic (exact) mass is 316 g/mol. The minimum atomic E-state index is -1.55. The van der Waals surface area contributed by atoms with Crippen molar-refractivity contribution in [2.75, 3.05) is 0 Å². The van der Waals surface area contributed by atoms with Crippen LogP contribution >= 0.6 is 0 Å². The predicted octanol–water partition coefficient (Wildman–Crippen LogP) is 4.13. The maximum atomic E-state index is 13.5. The molecule has 120 valence electrons. The van der Waals surface area contributed by atoms with Crippen LogP contribution in [0.25, 0.3) is 0 Å². The second-order valence-corrected chi connectivity index (χ2v) is 5.91. The molecule has 0 radical (unpaired) electrons. The summed E-state index contributed by atoms with van der Waals surface area (Å²) in [4.78, 5) is 12.0. The third-order valence-electron chi connectivity index (χ3n) is 4.13. The first kappa shape index (κ1) is 16.5.